The molecule has 2 fully saturated rings. The maximum atomic E-state index is 12.2. The second kappa shape index (κ2) is 8.30. The normalized spacial score (nSPS) is 22.6. The molecule has 0 aromatic heterocycles. The average molecular weight is 309 g/mol. The summed E-state index contributed by atoms with van der Waals surface area (Å²) in [4.78, 5) is 36.8. The number of esters is 1. The van der Waals surface area contributed by atoms with Gasteiger partial charge in [0.1, 0.15) is 6.04 Å². The molecule has 1 aliphatic heterocycles. The van der Waals surface area contributed by atoms with Gasteiger partial charge in [-0.2, -0.15) is 0 Å². The lowest BCUT2D eigenvalue weighted by Crippen LogP contribution is -2.50. The zero-order valence-electron chi connectivity index (χ0n) is 13.5. The van der Waals surface area contributed by atoms with E-state index in [1.165, 1.54) is 37.5 Å². The predicted octanol–water partition coefficient (Wildman–Crippen LogP) is 2.47. The van der Waals surface area contributed by atoms with Crippen molar-refractivity contribution in [1.29, 1.82) is 0 Å². The summed E-state index contributed by atoms with van der Waals surface area (Å²) in [6.45, 7) is 2.15. The van der Waals surface area contributed by atoms with Gasteiger partial charge in [-0.1, -0.05) is 25.7 Å². The number of piperidine rings is 1. The fraction of sp³-hybridized carbons (Fsp3) is 0.824. The number of ether oxygens (including phenoxy) is 1. The fourth-order valence-corrected chi connectivity index (χ4v) is 3.56. The maximum absolute atomic E-state index is 12.2. The van der Waals surface area contributed by atoms with Crippen LogP contribution in [0.25, 0.3) is 0 Å². The van der Waals surface area contributed by atoms with Gasteiger partial charge >= 0.3 is 5.97 Å². The highest BCUT2D eigenvalue weighted by Gasteiger charge is 2.34. The van der Waals surface area contributed by atoms with Gasteiger partial charge in [-0.25, -0.2) is 4.79 Å². The van der Waals surface area contributed by atoms with Crippen molar-refractivity contribution in [2.24, 2.45) is 5.92 Å². The maximum Gasteiger partial charge on any atom is 0.328 e. The Morgan fingerprint density at radius 2 is 1.73 bits per heavy atom. The molecule has 5 heteroatoms. The summed E-state index contributed by atoms with van der Waals surface area (Å²) < 4.78 is 5.36. The van der Waals surface area contributed by atoms with E-state index in [-0.39, 0.29) is 5.97 Å². The van der Waals surface area contributed by atoms with Crippen molar-refractivity contribution >= 4 is 17.7 Å². The van der Waals surface area contributed by atoms with Gasteiger partial charge in [-0.05, 0) is 38.0 Å². The van der Waals surface area contributed by atoms with E-state index in [2.05, 4.69) is 0 Å². The van der Waals surface area contributed by atoms with Crippen molar-refractivity contribution < 1.29 is 19.1 Å². The van der Waals surface area contributed by atoms with Gasteiger partial charge in [-0.3, -0.25) is 9.59 Å². The molecule has 0 N–H and O–H groups in total. The molecule has 1 aliphatic carbocycles. The highest BCUT2D eigenvalue weighted by molar-refractivity contribution is 6.35. The second-order valence-corrected chi connectivity index (χ2v) is 6.53. The van der Waals surface area contributed by atoms with Crippen LogP contribution < -0.4 is 0 Å². The molecular formula is C17H27NO4. The van der Waals surface area contributed by atoms with Gasteiger partial charge < -0.3 is 9.64 Å². The molecule has 2 aliphatic rings. The summed E-state index contributed by atoms with van der Waals surface area (Å²) in [7, 11) is 0. The Morgan fingerprint density at radius 1 is 1.05 bits per heavy atom. The standard InChI is InChI=1S/C17H27NO4/c1-13(19)16(20)18-11-5-4-10-15(18)17(21)22-12-6-9-14-7-2-3-8-14/h14-15H,2-12H2,1H3. The van der Waals surface area contributed by atoms with Crippen LogP contribution in [0.1, 0.15) is 64.7 Å². The van der Waals surface area contributed by atoms with Crippen molar-refractivity contribution in [2.75, 3.05) is 13.2 Å². The monoisotopic (exact) mass is 309 g/mol. The first-order valence-electron chi connectivity index (χ1n) is 8.57. The molecular weight excluding hydrogens is 282 g/mol. The minimum atomic E-state index is -0.573. The first-order valence-corrected chi connectivity index (χ1v) is 8.57. The molecule has 1 saturated carbocycles. The van der Waals surface area contributed by atoms with Crippen molar-refractivity contribution in [3.05, 3.63) is 0 Å². The van der Waals surface area contributed by atoms with Crippen LogP contribution in [0, 0.1) is 5.92 Å². The van der Waals surface area contributed by atoms with Gasteiger partial charge in [-0.15, -0.1) is 0 Å². The van der Waals surface area contributed by atoms with Gasteiger partial charge in [0.2, 0.25) is 5.78 Å². The fourth-order valence-electron chi connectivity index (χ4n) is 3.56. The minimum Gasteiger partial charge on any atom is -0.464 e. The number of carbonyl (C=O) groups excluding carboxylic acids is 3. The van der Waals surface area contributed by atoms with Crippen LogP contribution in [-0.2, 0) is 19.1 Å². The Balaban J connectivity index is 1.76. The number of hydrogen-bond acceptors (Lipinski definition) is 4. The molecule has 124 valence electrons. The van der Waals surface area contributed by atoms with Crippen LogP contribution in [0.4, 0.5) is 0 Å². The van der Waals surface area contributed by atoms with Crippen molar-refractivity contribution in [3.8, 4) is 0 Å². The molecule has 1 unspecified atom stereocenters. The molecule has 22 heavy (non-hydrogen) atoms. The summed E-state index contributed by atoms with van der Waals surface area (Å²) >= 11 is 0. The second-order valence-electron chi connectivity index (χ2n) is 6.53. The van der Waals surface area contributed by atoms with E-state index in [1.807, 2.05) is 0 Å². The average Bonchev–Trinajstić information content (AvgIpc) is 3.04. The third-order valence-corrected chi connectivity index (χ3v) is 4.81. The molecule has 0 radical (unpaired) electrons. The number of nitrogens with zero attached hydrogens (tertiary/aromatic N) is 1. The van der Waals surface area contributed by atoms with E-state index < -0.39 is 17.7 Å². The first kappa shape index (κ1) is 17.0. The SMILES string of the molecule is CC(=O)C(=O)N1CCCCC1C(=O)OCCCC1CCCC1. The molecule has 2 rings (SSSR count). The lowest BCUT2D eigenvalue weighted by Gasteiger charge is -2.33. The summed E-state index contributed by atoms with van der Waals surface area (Å²) in [6, 6.07) is -0.573. The molecule has 0 aromatic rings. The first-order chi connectivity index (χ1) is 10.6. The molecule has 1 heterocycles. The number of hydrogen-bond donors (Lipinski definition) is 0. The number of Topliss-reactive ketones (excluding diaryl/α,β-unsaturated/α-hetero) is 1. The van der Waals surface area contributed by atoms with Crippen LogP contribution in [0.3, 0.4) is 0 Å². The lowest BCUT2D eigenvalue weighted by atomic mass is 10.0. The quantitative estimate of drug-likeness (QED) is 0.429. The van der Waals surface area contributed by atoms with E-state index >= 15 is 0 Å². The highest BCUT2D eigenvalue weighted by Crippen LogP contribution is 2.28. The van der Waals surface area contributed by atoms with Crippen LogP contribution in [0.15, 0.2) is 0 Å². The summed E-state index contributed by atoms with van der Waals surface area (Å²) in [5, 5.41) is 0. The molecule has 1 amide bonds. The number of rotatable bonds is 6. The van der Waals surface area contributed by atoms with E-state index in [4.69, 9.17) is 4.74 Å². The lowest BCUT2D eigenvalue weighted by molar-refractivity contribution is -0.159. The van der Waals surface area contributed by atoms with Crippen LogP contribution in [0.5, 0.6) is 0 Å². The summed E-state index contributed by atoms with van der Waals surface area (Å²) in [5.41, 5.74) is 0. The van der Waals surface area contributed by atoms with E-state index in [1.54, 1.807) is 0 Å². The highest BCUT2D eigenvalue weighted by atomic mass is 16.5. The van der Waals surface area contributed by atoms with Gasteiger partial charge in [0.15, 0.2) is 0 Å². The van der Waals surface area contributed by atoms with Crippen LogP contribution >= 0.6 is 0 Å². The molecule has 1 saturated heterocycles. The van der Waals surface area contributed by atoms with E-state index in [9.17, 15) is 14.4 Å². The minimum absolute atomic E-state index is 0.347. The zero-order valence-corrected chi connectivity index (χ0v) is 13.5. The number of ketones is 1. The summed E-state index contributed by atoms with van der Waals surface area (Å²) in [5.74, 6) is -0.626. The predicted molar refractivity (Wildman–Crippen MR) is 82.2 cm³/mol. The Kier molecular flexibility index (Phi) is 6.40. The topological polar surface area (TPSA) is 63.7 Å². The summed E-state index contributed by atoms with van der Waals surface area (Å²) in [6.07, 6.45) is 9.60. The Hall–Kier alpha value is -1.39. The van der Waals surface area contributed by atoms with Gasteiger partial charge in [0.05, 0.1) is 6.61 Å². The molecule has 5 nitrogen and oxygen atoms in total. The van der Waals surface area contributed by atoms with Crippen molar-refractivity contribution in [1.82, 2.24) is 4.90 Å². The smallest absolute Gasteiger partial charge is 0.328 e. The van der Waals surface area contributed by atoms with Gasteiger partial charge in [0, 0.05) is 13.5 Å². The van der Waals surface area contributed by atoms with Crippen LogP contribution in [-0.4, -0.2) is 41.8 Å². The Morgan fingerprint density at radius 3 is 2.41 bits per heavy atom. The number of amides is 1. The largest absolute Gasteiger partial charge is 0.464 e. The van der Waals surface area contributed by atoms with E-state index in [0.29, 0.717) is 19.6 Å². The van der Waals surface area contributed by atoms with Crippen molar-refractivity contribution in [3.63, 3.8) is 0 Å². The third-order valence-electron chi connectivity index (χ3n) is 4.81. The van der Waals surface area contributed by atoms with Crippen molar-refractivity contribution in [2.45, 2.75) is 70.8 Å². The number of likely N-dealkylation sites (tertiary alicyclic amines) is 1. The molecule has 0 spiro atoms. The Bertz CT molecular complexity index is 415. The molecule has 1 atom stereocenters. The Labute approximate surface area is 132 Å². The van der Waals surface area contributed by atoms with Crippen LogP contribution in [0.2, 0.25) is 0 Å². The van der Waals surface area contributed by atoms with E-state index in [0.717, 1.165) is 31.6 Å². The molecule has 0 aromatic carbocycles. The third kappa shape index (κ3) is 4.55. The number of carbonyl (C=O) groups is 3. The molecule has 0 bridgehead atoms. The van der Waals surface area contributed by atoms with Gasteiger partial charge in [0.25, 0.3) is 5.91 Å². The zero-order chi connectivity index (χ0) is 15.9.